The topological polar surface area (TPSA) is 63.7 Å². The molecule has 0 aromatic heterocycles. The number of rotatable bonds is 6. The van der Waals surface area contributed by atoms with Gasteiger partial charge in [-0.3, -0.25) is 4.79 Å². The van der Waals surface area contributed by atoms with Gasteiger partial charge in [0.15, 0.2) is 6.10 Å². The van der Waals surface area contributed by atoms with Crippen LogP contribution in [0.3, 0.4) is 0 Å². The van der Waals surface area contributed by atoms with Crippen molar-refractivity contribution in [1.82, 2.24) is 4.31 Å². The molecule has 1 aliphatic heterocycles. The summed E-state index contributed by atoms with van der Waals surface area (Å²) >= 11 is 0. The van der Waals surface area contributed by atoms with Gasteiger partial charge in [0.2, 0.25) is 10.0 Å². The molecule has 6 heteroatoms. The van der Waals surface area contributed by atoms with E-state index in [0.29, 0.717) is 25.9 Å². The van der Waals surface area contributed by atoms with E-state index in [4.69, 9.17) is 4.74 Å². The highest BCUT2D eigenvalue weighted by Gasteiger charge is 2.34. The second-order valence-electron chi connectivity index (χ2n) is 7.63. The number of piperidine rings is 1. The summed E-state index contributed by atoms with van der Waals surface area (Å²) in [6.45, 7) is 0.608. The van der Waals surface area contributed by atoms with Crippen molar-refractivity contribution >= 4 is 16.0 Å². The Balaban J connectivity index is 1.44. The summed E-state index contributed by atoms with van der Waals surface area (Å²) in [5, 5.41) is 0. The summed E-state index contributed by atoms with van der Waals surface area (Å²) < 4.78 is 33.1. The monoisotopic (exact) mass is 435 g/mol. The van der Waals surface area contributed by atoms with Gasteiger partial charge in [0.05, 0.1) is 10.8 Å². The number of carbonyl (C=O) groups is 1. The number of hydrogen-bond acceptors (Lipinski definition) is 4. The minimum absolute atomic E-state index is 0.282. The first kappa shape index (κ1) is 21.3. The lowest BCUT2D eigenvalue weighted by Gasteiger charge is -2.31. The first-order chi connectivity index (χ1) is 15.1. The number of esters is 1. The van der Waals surface area contributed by atoms with Crippen LogP contribution in [-0.2, 0) is 19.6 Å². The van der Waals surface area contributed by atoms with Gasteiger partial charge in [-0.05, 0) is 36.1 Å². The maximum absolute atomic E-state index is 13.0. The summed E-state index contributed by atoms with van der Waals surface area (Å²) in [4.78, 5) is 13.3. The molecule has 0 bridgehead atoms. The molecule has 0 saturated carbocycles. The lowest BCUT2D eigenvalue weighted by molar-refractivity contribution is -0.153. The Kier molecular flexibility index (Phi) is 6.49. The number of sulfonamides is 1. The second kappa shape index (κ2) is 9.45. The average Bonchev–Trinajstić information content (AvgIpc) is 2.84. The van der Waals surface area contributed by atoms with Crippen LogP contribution in [0.1, 0.15) is 30.1 Å². The first-order valence-corrected chi connectivity index (χ1v) is 11.9. The predicted octanol–water partition coefficient (Wildman–Crippen LogP) is 4.42. The molecule has 1 fully saturated rings. The van der Waals surface area contributed by atoms with E-state index in [1.807, 2.05) is 60.7 Å². The Morgan fingerprint density at radius 2 is 1.23 bits per heavy atom. The van der Waals surface area contributed by atoms with Gasteiger partial charge in [-0.15, -0.1) is 0 Å². The fourth-order valence-corrected chi connectivity index (χ4v) is 5.36. The van der Waals surface area contributed by atoms with E-state index in [9.17, 15) is 13.2 Å². The highest BCUT2D eigenvalue weighted by atomic mass is 32.2. The number of nitrogens with zero attached hydrogens (tertiary/aromatic N) is 1. The SMILES string of the molecule is O=C(OC(c1ccccc1)c1ccccc1)C1CCN(S(=O)(=O)c2ccccc2)CC1. The molecule has 160 valence electrons. The molecule has 0 spiro atoms. The highest BCUT2D eigenvalue weighted by molar-refractivity contribution is 7.89. The summed E-state index contributed by atoms with van der Waals surface area (Å²) in [5.74, 6) is -0.605. The molecule has 3 aromatic rings. The smallest absolute Gasteiger partial charge is 0.309 e. The van der Waals surface area contributed by atoms with Crippen LogP contribution in [0.2, 0.25) is 0 Å². The van der Waals surface area contributed by atoms with E-state index in [1.165, 1.54) is 4.31 Å². The molecule has 0 N–H and O–H groups in total. The normalized spacial score (nSPS) is 15.6. The largest absolute Gasteiger partial charge is 0.452 e. The van der Waals surface area contributed by atoms with Crippen molar-refractivity contribution in [3.05, 3.63) is 102 Å². The maximum Gasteiger partial charge on any atom is 0.309 e. The lowest BCUT2D eigenvalue weighted by atomic mass is 9.97. The fraction of sp³-hybridized carbons (Fsp3) is 0.240. The van der Waals surface area contributed by atoms with Gasteiger partial charge in [0, 0.05) is 13.1 Å². The number of ether oxygens (including phenoxy) is 1. The van der Waals surface area contributed by atoms with Gasteiger partial charge in [0.1, 0.15) is 0 Å². The van der Waals surface area contributed by atoms with Crippen LogP contribution in [0.25, 0.3) is 0 Å². The quantitative estimate of drug-likeness (QED) is 0.538. The minimum atomic E-state index is -3.54. The lowest BCUT2D eigenvalue weighted by Crippen LogP contribution is -2.40. The first-order valence-electron chi connectivity index (χ1n) is 10.4. The maximum atomic E-state index is 13.0. The Labute approximate surface area is 183 Å². The van der Waals surface area contributed by atoms with Crippen molar-refractivity contribution < 1.29 is 17.9 Å². The van der Waals surface area contributed by atoms with Crippen LogP contribution in [0.5, 0.6) is 0 Å². The third kappa shape index (κ3) is 4.86. The van der Waals surface area contributed by atoms with Crippen LogP contribution in [0.4, 0.5) is 0 Å². The van der Waals surface area contributed by atoms with Crippen molar-refractivity contribution in [2.24, 2.45) is 5.92 Å². The van der Waals surface area contributed by atoms with Gasteiger partial charge < -0.3 is 4.74 Å². The van der Waals surface area contributed by atoms with Crippen LogP contribution in [-0.4, -0.2) is 31.8 Å². The molecule has 0 atom stereocenters. The van der Waals surface area contributed by atoms with Gasteiger partial charge in [-0.1, -0.05) is 78.9 Å². The van der Waals surface area contributed by atoms with Gasteiger partial charge in [0.25, 0.3) is 0 Å². The third-order valence-corrected chi connectivity index (χ3v) is 7.52. The van der Waals surface area contributed by atoms with E-state index >= 15 is 0 Å². The molecule has 0 unspecified atom stereocenters. The fourth-order valence-electron chi connectivity index (χ4n) is 3.87. The summed E-state index contributed by atoms with van der Waals surface area (Å²) in [6.07, 6.45) is 0.406. The van der Waals surface area contributed by atoms with E-state index in [0.717, 1.165) is 11.1 Å². The molecule has 4 rings (SSSR count). The standard InChI is InChI=1S/C25H25NO4S/c27-25(30-24(20-10-4-1-5-11-20)21-12-6-2-7-13-21)22-16-18-26(19-17-22)31(28,29)23-14-8-3-9-15-23/h1-15,22,24H,16-19H2. The zero-order valence-electron chi connectivity index (χ0n) is 17.1. The Morgan fingerprint density at radius 1 is 0.774 bits per heavy atom. The molecule has 3 aromatic carbocycles. The Hall–Kier alpha value is -2.96. The third-order valence-electron chi connectivity index (χ3n) is 5.61. The molecule has 31 heavy (non-hydrogen) atoms. The van der Waals surface area contributed by atoms with E-state index in [-0.39, 0.29) is 16.8 Å². The van der Waals surface area contributed by atoms with Gasteiger partial charge in [-0.2, -0.15) is 4.31 Å². The zero-order valence-corrected chi connectivity index (χ0v) is 17.9. The molecular weight excluding hydrogens is 410 g/mol. The molecule has 5 nitrogen and oxygen atoms in total. The van der Waals surface area contributed by atoms with Crippen molar-refractivity contribution in [1.29, 1.82) is 0 Å². The number of benzene rings is 3. The summed E-state index contributed by atoms with van der Waals surface area (Å²) in [6, 6.07) is 27.7. The predicted molar refractivity (Wildman–Crippen MR) is 119 cm³/mol. The van der Waals surface area contributed by atoms with E-state index < -0.39 is 16.1 Å². The van der Waals surface area contributed by atoms with Gasteiger partial charge in [-0.25, -0.2) is 8.42 Å². The molecule has 0 aliphatic carbocycles. The van der Waals surface area contributed by atoms with Crippen LogP contribution >= 0.6 is 0 Å². The average molecular weight is 436 g/mol. The number of hydrogen-bond donors (Lipinski definition) is 0. The van der Waals surface area contributed by atoms with Crippen molar-refractivity contribution in [2.75, 3.05) is 13.1 Å². The highest BCUT2D eigenvalue weighted by Crippen LogP contribution is 2.30. The molecule has 1 aliphatic rings. The van der Waals surface area contributed by atoms with Crippen LogP contribution in [0, 0.1) is 5.92 Å². The van der Waals surface area contributed by atoms with E-state index in [2.05, 4.69) is 0 Å². The molecule has 0 amide bonds. The Morgan fingerprint density at radius 3 is 1.71 bits per heavy atom. The van der Waals surface area contributed by atoms with Crippen LogP contribution in [0.15, 0.2) is 95.9 Å². The van der Waals surface area contributed by atoms with Crippen LogP contribution < -0.4 is 0 Å². The second-order valence-corrected chi connectivity index (χ2v) is 9.57. The summed E-state index contributed by atoms with van der Waals surface area (Å²) in [7, 11) is -3.54. The summed E-state index contributed by atoms with van der Waals surface area (Å²) in [5.41, 5.74) is 1.82. The van der Waals surface area contributed by atoms with Crippen molar-refractivity contribution in [3.63, 3.8) is 0 Å². The van der Waals surface area contributed by atoms with Crippen molar-refractivity contribution in [3.8, 4) is 0 Å². The molecule has 1 saturated heterocycles. The van der Waals surface area contributed by atoms with Crippen molar-refractivity contribution in [2.45, 2.75) is 23.8 Å². The van der Waals surface area contributed by atoms with E-state index in [1.54, 1.807) is 30.3 Å². The van der Waals surface area contributed by atoms with Gasteiger partial charge >= 0.3 is 5.97 Å². The molecule has 1 heterocycles. The Bertz CT molecular complexity index is 1050. The minimum Gasteiger partial charge on any atom is -0.452 e. The molecule has 0 radical (unpaired) electrons. The zero-order chi connectivity index (χ0) is 21.7. The molecular formula is C25H25NO4S. The number of carbonyl (C=O) groups excluding carboxylic acids is 1.